The minimum atomic E-state index is 0.413. The van der Waals surface area contributed by atoms with Crippen molar-refractivity contribution < 1.29 is 4.74 Å². The summed E-state index contributed by atoms with van der Waals surface area (Å²) in [5.74, 6) is 0. The van der Waals surface area contributed by atoms with Crippen LogP contribution >= 0.6 is 11.6 Å². The molecular formula is C16H19ClN2O. The van der Waals surface area contributed by atoms with Gasteiger partial charge in [-0.15, -0.1) is 0 Å². The number of nitrogens with zero attached hydrogens (tertiary/aromatic N) is 2. The number of rotatable bonds is 3. The van der Waals surface area contributed by atoms with Crippen LogP contribution in [-0.2, 0) is 11.3 Å². The molecule has 2 aromatic rings. The average molecular weight is 291 g/mol. The van der Waals surface area contributed by atoms with Crippen LogP contribution in [-0.4, -0.2) is 36.2 Å². The highest BCUT2D eigenvalue weighted by atomic mass is 35.5. The van der Waals surface area contributed by atoms with E-state index in [4.69, 9.17) is 16.3 Å². The molecule has 0 radical (unpaired) electrons. The van der Waals surface area contributed by atoms with Gasteiger partial charge in [-0.2, -0.15) is 0 Å². The Kier molecular flexibility index (Phi) is 4.20. The van der Waals surface area contributed by atoms with Crippen LogP contribution < -0.4 is 0 Å². The number of fused-ring (bicyclic) bond motifs is 1. The van der Waals surface area contributed by atoms with E-state index in [2.05, 4.69) is 22.0 Å². The van der Waals surface area contributed by atoms with Gasteiger partial charge in [-0.3, -0.25) is 4.90 Å². The van der Waals surface area contributed by atoms with Gasteiger partial charge in [0.25, 0.3) is 0 Å². The Morgan fingerprint density at radius 1 is 1.30 bits per heavy atom. The molecule has 2 heterocycles. The predicted octanol–water partition coefficient (Wildman–Crippen LogP) is 3.50. The monoisotopic (exact) mass is 290 g/mol. The van der Waals surface area contributed by atoms with Crippen molar-refractivity contribution >= 4 is 22.5 Å². The second-order valence-corrected chi connectivity index (χ2v) is 5.70. The maximum Gasteiger partial charge on any atom is 0.134 e. The fourth-order valence-corrected chi connectivity index (χ4v) is 3.00. The van der Waals surface area contributed by atoms with E-state index in [0.29, 0.717) is 11.3 Å². The molecule has 0 aliphatic carbocycles. The number of methoxy groups -OCH3 is 1. The Hall–Kier alpha value is -1.16. The van der Waals surface area contributed by atoms with Gasteiger partial charge in [0.15, 0.2) is 0 Å². The number of aromatic nitrogens is 1. The molecule has 20 heavy (non-hydrogen) atoms. The van der Waals surface area contributed by atoms with Crippen LogP contribution in [0.3, 0.4) is 0 Å². The molecule has 0 spiro atoms. The number of pyridine rings is 1. The standard InChI is InChI=1S/C16H19ClN2O/c1-20-14-6-8-19(9-7-14)11-13-10-12-4-2-3-5-15(12)18-16(13)17/h2-5,10,14H,6-9,11H2,1H3. The second kappa shape index (κ2) is 6.08. The van der Waals surface area contributed by atoms with Gasteiger partial charge in [0.1, 0.15) is 5.15 Å². The molecule has 1 aromatic carbocycles. The molecule has 1 aromatic heterocycles. The van der Waals surface area contributed by atoms with E-state index in [0.717, 1.165) is 48.9 Å². The molecule has 0 saturated carbocycles. The van der Waals surface area contributed by atoms with E-state index in [9.17, 15) is 0 Å². The fourth-order valence-electron chi connectivity index (χ4n) is 2.79. The smallest absolute Gasteiger partial charge is 0.134 e. The Morgan fingerprint density at radius 3 is 2.80 bits per heavy atom. The molecule has 3 rings (SSSR count). The average Bonchev–Trinajstić information content (AvgIpc) is 2.49. The first kappa shape index (κ1) is 13.8. The molecule has 106 valence electrons. The highest BCUT2D eigenvalue weighted by molar-refractivity contribution is 6.30. The maximum absolute atomic E-state index is 6.32. The van der Waals surface area contributed by atoms with Gasteiger partial charge < -0.3 is 4.74 Å². The van der Waals surface area contributed by atoms with Crippen LogP contribution in [0.5, 0.6) is 0 Å². The summed E-state index contributed by atoms with van der Waals surface area (Å²) in [7, 11) is 1.80. The summed E-state index contributed by atoms with van der Waals surface area (Å²) in [5.41, 5.74) is 2.07. The van der Waals surface area contributed by atoms with Crippen molar-refractivity contribution in [1.82, 2.24) is 9.88 Å². The lowest BCUT2D eigenvalue weighted by Crippen LogP contribution is -2.36. The molecular weight excluding hydrogens is 272 g/mol. The number of halogens is 1. The summed E-state index contributed by atoms with van der Waals surface area (Å²) in [6, 6.07) is 10.3. The van der Waals surface area contributed by atoms with Crippen molar-refractivity contribution in [1.29, 1.82) is 0 Å². The molecule has 1 aliphatic rings. The first-order chi connectivity index (χ1) is 9.76. The highest BCUT2D eigenvalue weighted by Crippen LogP contribution is 2.23. The van der Waals surface area contributed by atoms with Crippen LogP contribution in [0.4, 0.5) is 0 Å². The topological polar surface area (TPSA) is 25.4 Å². The zero-order chi connectivity index (χ0) is 13.9. The largest absolute Gasteiger partial charge is 0.381 e. The summed E-state index contributed by atoms with van der Waals surface area (Å²) >= 11 is 6.32. The Labute approximate surface area is 124 Å². The molecule has 1 saturated heterocycles. The predicted molar refractivity (Wildman–Crippen MR) is 82.1 cm³/mol. The van der Waals surface area contributed by atoms with Gasteiger partial charge in [0, 0.05) is 37.7 Å². The zero-order valence-electron chi connectivity index (χ0n) is 11.7. The van der Waals surface area contributed by atoms with Gasteiger partial charge in [0.2, 0.25) is 0 Å². The molecule has 1 aliphatic heterocycles. The Bertz CT molecular complexity index is 594. The van der Waals surface area contributed by atoms with Gasteiger partial charge in [0.05, 0.1) is 11.6 Å². The van der Waals surface area contributed by atoms with E-state index in [-0.39, 0.29) is 0 Å². The van der Waals surface area contributed by atoms with Gasteiger partial charge >= 0.3 is 0 Å². The molecule has 3 nitrogen and oxygen atoms in total. The van der Waals surface area contributed by atoms with Crippen LogP contribution in [0.1, 0.15) is 18.4 Å². The number of ether oxygens (including phenoxy) is 1. The lowest BCUT2D eigenvalue weighted by molar-refractivity contribution is 0.0388. The molecule has 0 unspecified atom stereocenters. The normalized spacial score (nSPS) is 17.7. The summed E-state index contributed by atoms with van der Waals surface area (Å²) in [6.45, 7) is 2.98. The fraction of sp³-hybridized carbons (Fsp3) is 0.438. The maximum atomic E-state index is 6.32. The highest BCUT2D eigenvalue weighted by Gasteiger charge is 2.19. The van der Waals surface area contributed by atoms with Gasteiger partial charge in [-0.05, 0) is 25.0 Å². The third-order valence-corrected chi connectivity index (χ3v) is 4.34. The molecule has 4 heteroatoms. The van der Waals surface area contributed by atoms with Crippen molar-refractivity contribution in [3.63, 3.8) is 0 Å². The second-order valence-electron chi connectivity index (χ2n) is 5.34. The molecule has 1 fully saturated rings. The van der Waals surface area contributed by atoms with E-state index in [1.54, 1.807) is 7.11 Å². The van der Waals surface area contributed by atoms with Gasteiger partial charge in [-0.1, -0.05) is 29.8 Å². The molecule has 0 bridgehead atoms. The Morgan fingerprint density at radius 2 is 2.05 bits per heavy atom. The number of benzene rings is 1. The van der Waals surface area contributed by atoms with Crippen molar-refractivity contribution in [2.24, 2.45) is 0 Å². The Balaban J connectivity index is 1.76. The summed E-state index contributed by atoms with van der Waals surface area (Å²) in [6.07, 6.45) is 2.60. The van der Waals surface area contributed by atoms with E-state index >= 15 is 0 Å². The number of hydrogen-bond donors (Lipinski definition) is 0. The number of hydrogen-bond acceptors (Lipinski definition) is 3. The first-order valence-electron chi connectivity index (χ1n) is 7.05. The van der Waals surface area contributed by atoms with Crippen LogP contribution in [0.2, 0.25) is 5.15 Å². The molecule has 0 N–H and O–H groups in total. The van der Waals surface area contributed by atoms with Crippen molar-refractivity contribution in [2.75, 3.05) is 20.2 Å². The van der Waals surface area contributed by atoms with Crippen molar-refractivity contribution in [3.8, 4) is 0 Å². The molecule has 0 atom stereocenters. The van der Waals surface area contributed by atoms with Crippen molar-refractivity contribution in [2.45, 2.75) is 25.5 Å². The van der Waals surface area contributed by atoms with Crippen LogP contribution in [0.25, 0.3) is 10.9 Å². The zero-order valence-corrected chi connectivity index (χ0v) is 12.4. The minimum absolute atomic E-state index is 0.413. The number of para-hydroxylation sites is 1. The molecule has 0 amide bonds. The minimum Gasteiger partial charge on any atom is -0.381 e. The quantitative estimate of drug-likeness (QED) is 0.809. The SMILES string of the molecule is COC1CCN(Cc2cc3ccccc3nc2Cl)CC1. The summed E-state index contributed by atoms with van der Waals surface area (Å²) in [5, 5.41) is 1.77. The van der Waals surface area contributed by atoms with Crippen LogP contribution in [0.15, 0.2) is 30.3 Å². The third kappa shape index (κ3) is 2.95. The van der Waals surface area contributed by atoms with Crippen molar-refractivity contribution in [3.05, 3.63) is 41.0 Å². The van der Waals surface area contributed by atoms with E-state index in [1.165, 1.54) is 0 Å². The first-order valence-corrected chi connectivity index (χ1v) is 7.43. The lowest BCUT2D eigenvalue weighted by atomic mass is 10.1. The van der Waals surface area contributed by atoms with Crippen LogP contribution in [0, 0.1) is 0 Å². The van der Waals surface area contributed by atoms with Gasteiger partial charge in [-0.25, -0.2) is 4.98 Å². The number of likely N-dealkylation sites (tertiary alicyclic amines) is 1. The van der Waals surface area contributed by atoms with E-state index < -0.39 is 0 Å². The van der Waals surface area contributed by atoms with E-state index in [1.807, 2.05) is 18.2 Å². The third-order valence-electron chi connectivity index (χ3n) is 4.01. The summed E-state index contributed by atoms with van der Waals surface area (Å²) < 4.78 is 5.41. The summed E-state index contributed by atoms with van der Waals surface area (Å²) in [4.78, 5) is 6.91. The lowest BCUT2D eigenvalue weighted by Gasteiger charge is -2.31. The number of piperidine rings is 1.